The zero-order chi connectivity index (χ0) is 13.2. The van der Waals surface area contributed by atoms with Gasteiger partial charge in [-0.15, -0.1) is 0 Å². The molecule has 1 rings (SSSR count). The van der Waals surface area contributed by atoms with Gasteiger partial charge in [0.1, 0.15) is 5.82 Å². The van der Waals surface area contributed by atoms with Gasteiger partial charge in [0, 0.05) is 17.0 Å². The van der Waals surface area contributed by atoms with Crippen molar-refractivity contribution in [3.8, 4) is 5.75 Å². The van der Waals surface area contributed by atoms with Gasteiger partial charge in [0.05, 0.1) is 13.5 Å². The Morgan fingerprint density at radius 3 is 2.47 bits per heavy atom. The van der Waals surface area contributed by atoms with Gasteiger partial charge in [-0.25, -0.2) is 8.78 Å². The average Bonchev–Trinajstić information content (AvgIpc) is 2.14. The van der Waals surface area contributed by atoms with Gasteiger partial charge >= 0.3 is 5.97 Å². The summed E-state index contributed by atoms with van der Waals surface area (Å²) in [5.74, 6) is -2.74. The second-order valence-electron chi connectivity index (χ2n) is 4.42. The van der Waals surface area contributed by atoms with Crippen LogP contribution in [0.25, 0.3) is 0 Å². The fraction of sp³-hybridized carbons (Fsp3) is 0.417. The summed E-state index contributed by atoms with van der Waals surface area (Å²) in [6.45, 7) is 3.19. The molecule has 17 heavy (non-hydrogen) atoms. The predicted octanol–water partition coefficient (Wildman–Crippen LogP) is 2.73. The maximum atomic E-state index is 13.5. The molecule has 0 aliphatic heterocycles. The van der Waals surface area contributed by atoms with Crippen molar-refractivity contribution in [1.82, 2.24) is 0 Å². The average molecular weight is 244 g/mol. The van der Waals surface area contributed by atoms with Crippen LogP contribution in [0.4, 0.5) is 8.78 Å². The SMILES string of the molecule is COc1c(F)cc(F)cc1C(C)(C)CC(=O)O. The van der Waals surface area contributed by atoms with Crippen LogP contribution >= 0.6 is 0 Å². The lowest BCUT2D eigenvalue weighted by atomic mass is 9.81. The summed E-state index contributed by atoms with van der Waals surface area (Å²) < 4.78 is 31.5. The fourth-order valence-electron chi connectivity index (χ4n) is 1.74. The molecule has 94 valence electrons. The van der Waals surface area contributed by atoms with Gasteiger partial charge in [0.15, 0.2) is 11.6 Å². The molecule has 0 atom stereocenters. The van der Waals surface area contributed by atoms with Crippen molar-refractivity contribution in [3.63, 3.8) is 0 Å². The lowest BCUT2D eigenvalue weighted by molar-refractivity contribution is -0.138. The van der Waals surface area contributed by atoms with Gasteiger partial charge in [0.2, 0.25) is 0 Å². The fourth-order valence-corrected chi connectivity index (χ4v) is 1.74. The molecule has 0 unspecified atom stereocenters. The highest BCUT2D eigenvalue weighted by Crippen LogP contribution is 2.36. The molecule has 1 N–H and O–H groups in total. The molecule has 0 saturated carbocycles. The van der Waals surface area contributed by atoms with Crippen molar-refractivity contribution >= 4 is 5.97 Å². The first-order chi connectivity index (χ1) is 7.77. The smallest absolute Gasteiger partial charge is 0.304 e. The molecular formula is C12H14F2O3. The van der Waals surface area contributed by atoms with E-state index in [0.29, 0.717) is 6.07 Å². The third kappa shape index (κ3) is 2.93. The first-order valence-corrected chi connectivity index (χ1v) is 5.03. The van der Waals surface area contributed by atoms with E-state index in [1.165, 1.54) is 7.11 Å². The van der Waals surface area contributed by atoms with Gasteiger partial charge in [-0.3, -0.25) is 4.79 Å². The maximum absolute atomic E-state index is 13.5. The van der Waals surface area contributed by atoms with E-state index in [9.17, 15) is 13.6 Å². The number of hydrogen-bond donors (Lipinski definition) is 1. The number of hydrogen-bond acceptors (Lipinski definition) is 2. The third-order valence-electron chi connectivity index (χ3n) is 2.53. The van der Waals surface area contributed by atoms with Gasteiger partial charge in [0.25, 0.3) is 0 Å². The number of ether oxygens (including phenoxy) is 1. The van der Waals surface area contributed by atoms with E-state index in [2.05, 4.69) is 0 Å². The Labute approximate surface area is 98.0 Å². The highest BCUT2D eigenvalue weighted by molar-refractivity contribution is 5.69. The summed E-state index contributed by atoms with van der Waals surface area (Å²) in [5, 5.41) is 8.78. The normalized spacial score (nSPS) is 11.4. The maximum Gasteiger partial charge on any atom is 0.304 e. The predicted molar refractivity (Wildman–Crippen MR) is 58.2 cm³/mol. The molecule has 0 aliphatic carbocycles. The largest absolute Gasteiger partial charge is 0.493 e. The topological polar surface area (TPSA) is 46.5 Å². The van der Waals surface area contributed by atoms with Crippen LogP contribution in [0.15, 0.2) is 12.1 Å². The minimum atomic E-state index is -1.04. The van der Waals surface area contributed by atoms with E-state index < -0.39 is 23.0 Å². The Kier molecular flexibility index (Phi) is 3.70. The lowest BCUT2D eigenvalue weighted by Gasteiger charge is -2.25. The van der Waals surface area contributed by atoms with Crippen molar-refractivity contribution in [2.45, 2.75) is 25.7 Å². The Bertz CT molecular complexity index is 442. The van der Waals surface area contributed by atoms with E-state index >= 15 is 0 Å². The third-order valence-corrected chi connectivity index (χ3v) is 2.53. The summed E-state index contributed by atoms with van der Waals surface area (Å²) in [6, 6.07) is 1.81. The Hall–Kier alpha value is -1.65. The number of carbonyl (C=O) groups is 1. The highest BCUT2D eigenvalue weighted by Gasteiger charge is 2.29. The van der Waals surface area contributed by atoms with E-state index in [-0.39, 0.29) is 17.7 Å². The van der Waals surface area contributed by atoms with Gasteiger partial charge in [-0.2, -0.15) is 0 Å². The molecule has 0 aromatic heterocycles. The molecule has 5 heteroatoms. The second kappa shape index (κ2) is 4.69. The van der Waals surface area contributed by atoms with Gasteiger partial charge in [-0.05, 0) is 6.07 Å². The zero-order valence-electron chi connectivity index (χ0n) is 9.88. The zero-order valence-corrected chi connectivity index (χ0v) is 9.88. The van der Waals surface area contributed by atoms with E-state index in [0.717, 1.165) is 6.07 Å². The van der Waals surface area contributed by atoms with Crippen LogP contribution in [0.1, 0.15) is 25.8 Å². The number of benzene rings is 1. The van der Waals surface area contributed by atoms with Gasteiger partial charge < -0.3 is 9.84 Å². The number of rotatable bonds is 4. The number of carboxylic acid groups (broad SMARTS) is 1. The summed E-state index contributed by atoms with van der Waals surface area (Å²) in [6.07, 6.45) is -0.244. The standard InChI is InChI=1S/C12H14F2O3/c1-12(2,6-10(15)16)8-4-7(13)5-9(14)11(8)17-3/h4-5H,6H2,1-3H3,(H,15,16). The molecule has 0 fully saturated rings. The number of aliphatic carboxylic acids is 1. The molecule has 0 bridgehead atoms. The van der Waals surface area contributed by atoms with Crippen molar-refractivity contribution < 1.29 is 23.4 Å². The van der Waals surface area contributed by atoms with Crippen LogP contribution in [0.2, 0.25) is 0 Å². The van der Waals surface area contributed by atoms with Crippen LogP contribution in [0.5, 0.6) is 5.75 Å². The van der Waals surface area contributed by atoms with Crippen molar-refractivity contribution in [2.75, 3.05) is 7.11 Å². The first-order valence-electron chi connectivity index (χ1n) is 5.03. The van der Waals surface area contributed by atoms with Crippen LogP contribution < -0.4 is 4.74 Å². The molecule has 0 heterocycles. The Balaban J connectivity index is 3.33. The lowest BCUT2D eigenvalue weighted by Crippen LogP contribution is -2.23. The highest BCUT2D eigenvalue weighted by atomic mass is 19.1. The van der Waals surface area contributed by atoms with Crippen molar-refractivity contribution in [1.29, 1.82) is 0 Å². The molecule has 1 aromatic rings. The van der Waals surface area contributed by atoms with Crippen LogP contribution in [0.3, 0.4) is 0 Å². The Morgan fingerprint density at radius 1 is 1.41 bits per heavy atom. The molecule has 0 saturated heterocycles. The Morgan fingerprint density at radius 2 is 2.00 bits per heavy atom. The summed E-state index contributed by atoms with van der Waals surface area (Å²) in [4.78, 5) is 10.7. The first kappa shape index (κ1) is 13.4. The van der Waals surface area contributed by atoms with Crippen molar-refractivity contribution in [2.24, 2.45) is 0 Å². The van der Waals surface area contributed by atoms with Gasteiger partial charge in [-0.1, -0.05) is 13.8 Å². The molecular weight excluding hydrogens is 230 g/mol. The number of halogens is 2. The summed E-state index contributed by atoms with van der Waals surface area (Å²) in [5.41, 5.74) is -0.708. The van der Waals surface area contributed by atoms with Crippen LogP contribution in [0, 0.1) is 11.6 Å². The quantitative estimate of drug-likeness (QED) is 0.885. The van der Waals surface area contributed by atoms with Crippen molar-refractivity contribution in [3.05, 3.63) is 29.3 Å². The molecule has 0 amide bonds. The van der Waals surface area contributed by atoms with E-state index in [1.807, 2.05) is 0 Å². The minimum Gasteiger partial charge on any atom is -0.493 e. The van der Waals surface area contributed by atoms with Crippen LogP contribution in [-0.2, 0) is 10.2 Å². The summed E-state index contributed by atoms with van der Waals surface area (Å²) in [7, 11) is 1.26. The molecule has 0 radical (unpaired) electrons. The number of carboxylic acids is 1. The van der Waals surface area contributed by atoms with E-state index in [4.69, 9.17) is 9.84 Å². The minimum absolute atomic E-state index is 0.113. The van der Waals surface area contributed by atoms with Crippen LogP contribution in [-0.4, -0.2) is 18.2 Å². The monoisotopic (exact) mass is 244 g/mol. The molecule has 3 nitrogen and oxygen atoms in total. The van der Waals surface area contributed by atoms with E-state index in [1.54, 1.807) is 13.8 Å². The number of methoxy groups -OCH3 is 1. The second-order valence-corrected chi connectivity index (χ2v) is 4.42. The molecule has 1 aromatic carbocycles. The summed E-state index contributed by atoms with van der Waals surface area (Å²) >= 11 is 0. The molecule has 0 spiro atoms. The molecule has 0 aliphatic rings.